The summed E-state index contributed by atoms with van der Waals surface area (Å²) >= 11 is 0. The van der Waals surface area contributed by atoms with Gasteiger partial charge in [0.15, 0.2) is 0 Å². The monoisotopic (exact) mass is 290 g/mol. The molecule has 0 aromatic heterocycles. The topological polar surface area (TPSA) is 58.7 Å². The minimum absolute atomic E-state index is 0. The molecule has 4 nitrogen and oxygen atoms in total. The van der Waals surface area contributed by atoms with Gasteiger partial charge in [-0.2, -0.15) is 0 Å². The first kappa shape index (κ1) is 16.2. The Bertz CT molecular complexity index is 371. The number of likely N-dealkylation sites (tertiary alicyclic amines) is 1. The summed E-state index contributed by atoms with van der Waals surface area (Å²) < 4.78 is 18.4. The Labute approximate surface area is 118 Å². The van der Waals surface area contributed by atoms with Crippen LogP contribution in [0.2, 0.25) is 0 Å². The normalized spacial score (nSPS) is 17.4. The minimum atomic E-state index is -0.254. The van der Waals surface area contributed by atoms with Crippen LogP contribution in [0.1, 0.15) is 6.42 Å². The van der Waals surface area contributed by atoms with Crippen LogP contribution in [0.15, 0.2) is 24.3 Å². The van der Waals surface area contributed by atoms with Crippen molar-refractivity contribution in [3.05, 3.63) is 30.1 Å². The number of benzene rings is 1. The Hall–Kier alpha value is -0.880. The molecule has 1 saturated heterocycles. The molecule has 1 fully saturated rings. The molecule has 1 aromatic carbocycles. The summed E-state index contributed by atoms with van der Waals surface area (Å²) in [5.74, 6) is 0.448. The van der Waals surface area contributed by atoms with E-state index in [0.717, 1.165) is 26.1 Å². The fraction of sp³-hybridized carbons (Fsp3) is 0.538. The lowest BCUT2D eigenvalue weighted by Crippen LogP contribution is -2.54. The van der Waals surface area contributed by atoms with Crippen LogP contribution in [0.3, 0.4) is 0 Å². The molecule has 19 heavy (non-hydrogen) atoms. The average molecular weight is 291 g/mol. The number of halogens is 2. The van der Waals surface area contributed by atoms with Crippen LogP contribution in [0.5, 0.6) is 5.75 Å². The van der Waals surface area contributed by atoms with E-state index in [4.69, 9.17) is 15.6 Å². The molecule has 108 valence electrons. The standard InChI is InChI=1S/C13H19FN2O2.ClH/c14-10-1-3-12(4-2-10)18-13-7-16(8-13)6-5-11(15)9-17;/h1-4,11,13,17H,5-9,15H2;1H. The van der Waals surface area contributed by atoms with Crippen LogP contribution in [-0.2, 0) is 0 Å². The van der Waals surface area contributed by atoms with Crippen molar-refractivity contribution in [3.8, 4) is 5.75 Å². The predicted octanol–water partition coefficient (Wildman–Crippen LogP) is 1.02. The van der Waals surface area contributed by atoms with Crippen LogP contribution in [0, 0.1) is 5.82 Å². The van der Waals surface area contributed by atoms with Gasteiger partial charge >= 0.3 is 0 Å². The summed E-state index contributed by atoms with van der Waals surface area (Å²) in [7, 11) is 0. The third-order valence-corrected chi connectivity index (χ3v) is 3.09. The van der Waals surface area contributed by atoms with Crippen LogP contribution >= 0.6 is 12.4 Å². The zero-order valence-corrected chi connectivity index (χ0v) is 11.5. The van der Waals surface area contributed by atoms with Crippen LogP contribution < -0.4 is 10.5 Å². The summed E-state index contributed by atoms with van der Waals surface area (Å²) in [5.41, 5.74) is 5.63. The van der Waals surface area contributed by atoms with Gasteiger partial charge in [-0.1, -0.05) is 0 Å². The molecule has 3 N–H and O–H groups in total. The molecule has 0 bridgehead atoms. The summed E-state index contributed by atoms with van der Waals surface area (Å²) in [6.07, 6.45) is 0.959. The third kappa shape index (κ3) is 4.95. The maximum atomic E-state index is 12.7. The number of nitrogens with two attached hydrogens (primary N) is 1. The van der Waals surface area contributed by atoms with Gasteiger partial charge in [0.25, 0.3) is 0 Å². The molecule has 1 heterocycles. The quantitative estimate of drug-likeness (QED) is 0.821. The number of rotatable bonds is 6. The van der Waals surface area contributed by atoms with Crippen molar-refractivity contribution in [2.24, 2.45) is 5.73 Å². The van der Waals surface area contributed by atoms with Crippen molar-refractivity contribution < 1.29 is 14.2 Å². The first-order valence-electron chi connectivity index (χ1n) is 6.18. The van der Waals surface area contributed by atoms with Crippen LogP contribution in [0.25, 0.3) is 0 Å². The van der Waals surface area contributed by atoms with Crippen molar-refractivity contribution in [3.63, 3.8) is 0 Å². The number of hydrogen-bond donors (Lipinski definition) is 2. The SMILES string of the molecule is Cl.NC(CO)CCN1CC(Oc2ccc(F)cc2)C1. The Morgan fingerprint density at radius 3 is 2.58 bits per heavy atom. The van der Waals surface area contributed by atoms with Gasteiger partial charge in [-0.05, 0) is 30.7 Å². The molecule has 6 heteroatoms. The molecule has 1 aromatic rings. The fourth-order valence-corrected chi connectivity index (χ4v) is 1.92. The molecular weight excluding hydrogens is 271 g/mol. The number of nitrogens with zero attached hydrogens (tertiary/aromatic N) is 1. The Morgan fingerprint density at radius 2 is 2.00 bits per heavy atom. The van der Waals surface area contributed by atoms with E-state index in [0.29, 0.717) is 5.75 Å². The molecule has 1 aliphatic rings. The Kier molecular flexibility index (Phi) is 6.51. The molecule has 0 amide bonds. The maximum absolute atomic E-state index is 12.7. The van der Waals surface area contributed by atoms with Gasteiger partial charge < -0.3 is 15.6 Å². The minimum Gasteiger partial charge on any atom is -0.488 e. The van der Waals surface area contributed by atoms with Crippen molar-refractivity contribution in [1.82, 2.24) is 4.90 Å². The van der Waals surface area contributed by atoms with Gasteiger partial charge in [-0.15, -0.1) is 12.4 Å². The molecule has 0 aliphatic carbocycles. The second kappa shape index (κ2) is 7.65. The summed E-state index contributed by atoms with van der Waals surface area (Å²) in [5, 5.41) is 8.81. The molecule has 1 atom stereocenters. The Morgan fingerprint density at radius 1 is 1.37 bits per heavy atom. The first-order valence-corrected chi connectivity index (χ1v) is 6.18. The number of aliphatic hydroxyl groups excluding tert-OH is 1. The predicted molar refractivity (Wildman–Crippen MR) is 74.2 cm³/mol. The van der Waals surface area contributed by atoms with Crippen molar-refractivity contribution in [2.45, 2.75) is 18.6 Å². The average Bonchev–Trinajstić information content (AvgIpc) is 2.33. The van der Waals surface area contributed by atoms with Gasteiger partial charge in [-0.25, -0.2) is 4.39 Å². The van der Waals surface area contributed by atoms with Gasteiger partial charge in [0.05, 0.1) is 6.61 Å². The van der Waals surface area contributed by atoms with E-state index >= 15 is 0 Å². The first-order chi connectivity index (χ1) is 8.67. The highest BCUT2D eigenvalue weighted by Crippen LogP contribution is 2.18. The third-order valence-electron chi connectivity index (χ3n) is 3.09. The van der Waals surface area contributed by atoms with E-state index in [9.17, 15) is 4.39 Å². The lowest BCUT2D eigenvalue weighted by atomic mass is 10.1. The highest BCUT2D eigenvalue weighted by molar-refractivity contribution is 5.85. The van der Waals surface area contributed by atoms with E-state index < -0.39 is 0 Å². The summed E-state index contributed by atoms with van der Waals surface area (Å²) in [4.78, 5) is 2.23. The molecule has 0 radical (unpaired) electrons. The molecule has 1 aliphatic heterocycles. The smallest absolute Gasteiger partial charge is 0.124 e. The fourth-order valence-electron chi connectivity index (χ4n) is 1.92. The highest BCUT2D eigenvalue weighted by Gasteiger charge is 2.28. The lowest BCUT2D eigenvalue weighted by Gasteiger charge is -2.39. The van der Waals surface area contributed by atoms with Gasteiger partial charge in [0.2, 0.25) is 0 Å². The summed E-state index contributed by atoms with van der Waals surface area (Å²) in [6, 6.07) is 5.93. The highest BCUT2D eigenvalue weighted by atomic mass is 35.5. The lowest BCUT2D eigenvalue weighted by molar-refractivity contribution is 0.0174. The van der Waals surface area contributed by atoms with Crippen LogP contribution in [0.4, 0.5) is 4.39 Å². The maximum Gasteiger partial charge on any atom is 0.124 e. The van der Waals surface area contributed by atoms with E-state index in [-0.39, 0.29) is 37.0 Å². The number of aliphatic hydroxyl groups is 1. The van der Waals surface area contributed by atoms with Gasteiger partial charge in [-0.3, -0.25) is 4.90 Å². The van der Waals surface area contributed by atoms with E-state index in [1.807, 2.05) is 0 Å². The molecule has 2 rings (SSSR count). The number of hydrogen-bond acceptors (Lipinski definition) is 4. The van der Waals surface area contributed by atoms with E-state index in [1.54, 1.807) is 12.1 Å². The van der Waals surface area contributed by atoms with Gasteiger partial charge in [0.1, 0.15) is 17.7 Å². The van der Waals surface area contributed by atoms with Crippen molar-refractivity contribution in [2.75, 3.05) is 26.2 Å². The van der Waals surface area contributed by atoms with E-state index in [2.05, 4.69) is 4.90 Å². The molecule has 0 spiro atoms. The molecule has 1 unspecified atom stereocenters. The van der Waals surface area contributed by atoms with Crippen molar-refractivity contribution >= 4 is 12.4 Å². The van der Waals surface area contributed by atoms with E-state index in [1.165, 1.54) is 12.1 Å². The molecule has 0 saturated carbocycles. The second-order valence-electron chi connectivity index (χ2n) is 4.68. The zero-order valence-electron chi connectivity index (χ0n) is 10.7. The molecular formula is C13H20ClFN2O2. The second-order valence-corrected chi connectivity index (χ2v) is 4.68. The zero-order chi connectivity index (χ0) is 13.0. The van der Waals surface area contributed by atoms with Crippen molar-refractivity contribution in [1.29, 1.82) is 0 Å². The Balaban J connectivity index is 0.00000180. The number of ether oxygens (including phenoxy) is 1. The van der Waals surface area contributed by atoms with Gasteiger partial charge in [0, 0.05) is 25.7 Å². The summed E-state index contributed by atoms with van der Waals surface area (Å²) in [6.45, 7) is 2.62. The largest absolute Gasteiger partial charge is 0.488 e. The van der Waals surface area contributed by atoms with Crippen LogP contribution in [-0.4, -0.2) is 48.4 Å².